The lowest BCUT2D eigenvalue weighted by Gasteiger charge is -2.16. The Morgan fingerprint density at radius 3 is 2.26 bits per heavy atom. The molecule has 0 radical (unpaired) electrons. The summed E-state index contributed by atoms with van der Waals surface area (Å²) in [7, 11) is 1.56. The molecule has 31 heavy (non-hydrogen) atoms. The maximum Gasteiger partial charge on any atom is 0.282 e. The van der Waals surface area contributed by atoms with Crippen LogP contribution in [0.25, 0.3) is 5.57 Å². The molecule has 4 rings (SSSR count). The molecule has 0 saturated heterocycles. The van der Waals surface area contributed by atoms with Crippen molar-refractivity contribution in [1.82, 2.24) is 0 Å². The van der Waals surface area contributed by atoms with Crippen LogP contribution in [0.15, 0.2) is 72.4 Å². The molecule has 0 fully saturated rings. The summed E-state index contributed by atoms with van der Waals surface area (Å²) in [6.45, 7) is 3.86. The predicted molar refractivity (Wildman–Crippen MR) is 123 cm³/mol. The highest BCUT2D eigenvalue weighted by atomic mass is 35.5. The Balaban J connectivity index is 1.86. The van der Waals surface area contributed by atoms with Crippen LogP contribution in [0.5, 0.6) is 5.75 Å². The topological polar surface area (TPSA) is 58.6 Å². The van der Waals surface area contributed by atoms with Crippen LogP contribution >= 0.6 is 11.6 Å². The molecule has 6 heteroatoms. The minimum atomic E-state index is -0.427. The van der Waals surface area contributed by atoms with Gasteiger partial charge in [-0.2, -0.15) is 0 Å². The lowest BCUT2D eigenvalue weighted by Crippen LogP contribution is -2.32. The van der Waals surface area contributed by atoms with Crippen molar-refractivity contribution in [3.8, 4) is 5.75 Å². The molecule has 5 nitrogen and oxygen atoms in total. The molecule has 1 aliphatic rings. The van der Waals surface area contributed by atoms with Crippen molar-refractivity contribution in [1.29, 1.82) is 0 Å². The summed E-state index contributed by atoms with van der Waals surface area (Å²) in [5.74, 6) is -0.251. The van der Waals surface area contributed by atoms with Crippen molar-refractivity contribution in [2.24, 2.45) is 0 Å². The number of imide groups is 1. The molecule has 0 aromatic heterocycles. The van der Waals surface area contributed by atoms with Gasteiger partial charge in [0.25, 0.3) is 11.8 Å². The Kier molecular flexibility index (Phi) is 5.53. The number of halogens is 1. The van der Waals surface area contributed by atoms with Crippen LogP contribution in [-0.4, -0.2) is 18.9 Å². The van der Waals surface area contributed by atoms with Gasteiger partial charge < -0.3 is 10.1 Å². The van der Waals surface area contributed by atoms with Gasteiger partial charge in [0.15, 0.2) is 0 Å². The second-order valence-electron chi connectivity index (χ2n) is 7.37. The Hall–Kier alpha value is -3.57. The van der Waals surface area contributed by atoms with E-state index < -0.39 is 11.8 Å². The van der Waals surface area contributed by atoms with Crippen molar-refractivity contribution in [3.63, 3.8) is 0 Å². The summed E-state index contributed by atoms with van der Waals surface area (Å²) in [6.07, 6.45) is 0. The molecule has 3 aromatic carbocycles. The first kappa shape index (κ1) is 20.7. The fraction of sp³-hybridized carbons (Fsp3) is 0.120. The Morgan fingerprint density at radius 1 is 0.871 bits per heavy atom. The molecule has 1 heterocycles. The third kappa shape index (κ3) is 3.92. The zero-order chi connectivity index (χ0) is 22.1. The number of carbonyl (C=O) groups is 2. The van der Waals surface area contributed by atoms with Crippen LogP contribution in [-0.2, 0) is 9.59 Å². The van der Waals surface area contributed by atoms with Crippen molar-refractivity contribution in [2.45, 2.75) is 13.8 Å². The highest BCUT2D eigenvalue weighted by Gasteiger charge is 2.40. The van der Waals surface area contributed by atoms with Crippen LogP contribution in [0, 0.1) is 13.8 Å². The largest absolute Gasteiger partial charge is 0.495 e. The van der Waals surface area contributed by atoms with Gasteiger partial charge in [-0.05, 0) is 66.9 Å². The third-order valence-electron chi connectivity index (χ3n) is 5.09. The average molecular weight is 433 g/mol. The van der Waals surface area contributed by atoms with E-state index in [2.05, 4.69) is 5.32 Å². The van der Waals surface area contributed by atoms with E-state index in [-0.39, 0.29) is 11.3 Å². The van der Waals surface area contributed by atoms with Gasteiger partial charge in [-0.25, -0.2) is 4.90 Å². The van der Waals surface area contributed by atoms with Gasteiger partial charge in [-0.1, -0.05) is 41.9 Å². The Labute approximate surface area is 185 Å². The number of ether oxygens (including phenoxy) is 1. The fourth-order valence-corrected chi connectivity index (χ4v) is 3.71. The van der Waals surface area contributed by atoms with Gasteiger partial charge in [-0.15, -0.1) is 0 Å². The van der Waals surface area contributed by atoms with Crippen molar-refractivity contribution in [3.05, 3.63) is 94.1 Å². The van der Waals surface area contributed by atoms with Crippen LogP contribution in [0.3, 0.4) is 0 Å². The molecule has 1 N–H and O–H groups in total. The number of hydrogen-bond donors (Lipinski definition) is 1. The van der Waals surface area contributed by atoms with Crippen LogP contribution < -0.4 is 15.0 Å². The normalized spacial score (nSPS) is 13.7. The number of amides is 2. The summed E-state index contributed by atoms with van der Waals surface area (Å²) >= 11 is 6.04. The number of hydrogen-bond acceptors (Lipinski definition) is 4. The molecule has 0 aliphatic carbocycles. The van der Waals surface area contributed by atoms with Gasteiger partial charge in [0.2, 0.25) is 0 Å². The zero-order valence-electron chi connectivity index (χ0n) is 17.4. The SMILES string of the molecule is COc1ccc(C)cc1NC1=C(c2ccc(Cl)cc2)C(=O)N(c2cccc(C)c2)C1=O. The average Bonchev–Trinajstić information content (AvgIpc) is 2.98. The molecular formula is C25H21ClN2O3. The van der Waals surface area contributed by atoms with E-state index in [0.717, 1.165) is 11.1 Å². The lowest BCUT2D eigenvalue weighted by molar-refractivity contribution is -0.120. The minimum Gasteiger partial charge on any atom is -0.495 e. The van der Waals surface area contributed by atoms with Gasteiger partial charge >= 0.3 is 0 Å². The second-order valence-corrected chi connectivity index (χ2v) is 7.81. The van der Waals surface area contributed by atoms with Gasteiger partial charge in [0, 0.05) is 5.02 Å². The Morgan fingerprint density at radius 2 is 1.58 bits per heavy atom. The Bertz CT molecular complexity index is 1220. The fourth-order valence-electron chi connectivity index (χ4n) is 3.59. The van der Waals surface area contributed by atoms with E-state index >= 15 is 0 Å². The number of methoxy groups -OCH3 is 1. The molecule has 0 spiro atoms. The number of nitrogens with one attached hydrogen (secondary N) is 1. The molecule has 2 amide bonds. The molecular weight excluding hydrogens is 412 g/mol. The molecule has 0 unspecified atom stereocenters. The van der Waals surface area contributed by atoms with Gasteiger partial charge in [0.05, 0.1) is 24.1 Å². The first-order valence-corrected chi connectivity index (χ1v) is 10.1. The smallest absolute Gasteiger partial charge is 0.282 e. The summed E-state index contributed by atoms with van der Waals surface area (Å²) in [5, 5.41) is 3.72. The monoisotopic (exact) mass is 432 g/mol. The van der Waals surface area contributed by atoms with E-state index in [0.29, 0.717) is 27.7 Å². The number of nitrogens with zero attached hydrogens (tertiary/aromatic N) is 1. The number of rotatable bonds is 5. The maximum absolute atomic E-state index is 13.5. The number of aryl methyl sites for hydroxylation is 2. The van der Waals surface area contributed by atoms with Crippen molar-refractivity contribution in [2.75, 3.05) is 17.3 Å². The van der Waals surface area contributed by atoms with Crippen molar-refractivity contribution >= 4 is 40.4 Å². The predicted octanol–water partition coefficient (Wildman–Crippen LogP) is 5.36. The van der Waals surface area contributed by atoms with Crippen LogP contribution in [0.4, 0.5) is 11.4 Å². The molecule has 0 atom stereocenters. The standard InChI is InChI=1S/C25H21ClN2O3/c1-15-5-4-6-19(13-15)28-24(29)22(17-8-10-18(26)11-9-17)23(25(28)30)27-20-14-16(2)7-12-21(20)31-3/h4-14,27H,1-3H3. The highest BCUT2D eigenvalue weighted by Crippen LogP contribution is 2.36. The summed E-state index contributed by atoms with van der Waals surface area (Å²) in [4.78, 5) is 28.2. The first-order chi connectivity index (χ1) is 14.9. The van der Waals surface area contributed by atoms with Crippen LogP contribution in [0.2, 0.25) is 5.02 Å². The third-order valence-corrected chi connectivity index (χ3v) is 5.34. The highest BCUT2D eigenvalue weighted by molar-refractivity contribution is 6.46. The number of carbonyl (C=O) groups excluding carboxylic acids is 2. The van der Waals surface area contributed by atoms with Gasteiger partial charge in [0.1, 0.15) is 11.4 Å². The summed E-state index contributed by atoms with van der Waals surface area (Å²) in [6, 6.07) is 19.8. The van der Waals surface area contributed by atoms with E-state index in [1.807, 2.05) is 50.2 Å². The van der Waals surface area contributed by atoms with Gasteiger partial charge in [-0.3, -0.25) is 9.59 Å². The first-order valence-electron chi connectivity index (χ1n) is 9.76. The second kappa shape index (κ2) is 8.28. The quantitative estimate of drug-likeness (QED) is 0.551. The maximum atomic E-state index is 13.5. The molecule has 156 valence electrons. The summed E-state index contributed by atoms with van der Waals surface area (Å²) in [5.41, 5.74) is 4.15. The zero-order valence-corrected chi connectivity index (χ0v) is 18.2. The van der Waals surface area contributed by atoms with E-state index in [1.54, 1.807) is 37.4 Å². The molecule has 0 saturated carbocycles. The summed E-state index contributed by atoms with van der Waals surface area (Å²) < 4.78 is 5.44. The molecule has 1 aliphatic heterocycles. The van der Waals surface area contributed by atoms with Crippen LogP contribution in [0.1, 0.15) is 16.7 Å². The van der Waals surface area contributed by atoms with E-state index in [1.165, 1.54) is 4.90 Å². The molecule has 0 bridgehead atoms. The minimum absolute atomic E-state index is 0.192. The number of anilines is 2. The van der Waals surface area contributed by atoms with E-state index in [9.17, 15) is 9.59 Å². The number of benzene rings is 3. The van der Waals surface area contributed by atoms with E-state index in [4.69, 9.17) is 16.3 Å². The lowest BCUT2D eigenvalue weighted by atomic mass is 10.0. The van der Waals surface area contributed by atoms with Crippen molar-refractivity contribution < 1.29 is 14.3 Å². The molecule has 3 aromatic rings.